The number of para-hydroxylation sites is 2. The van der Waals surface area contributed by atoms with Crippen molar-refractivity contribution in [1.29, 1.82) is 0 Å². The summed E-state index contributed by atoms with van der Waals surface area (Å²) in [6.07, 6.45) is 0. The van der Waals surface area contributed by atoms with Crippen LogP contribution in [0.1, 0.15) is 0 Å². The molecule has 140 valence electrons. The number of aromatic nitrogens is 1. The van der Waals surface area contributed by atoms with Crippen molar-refractivity contribution in [3.63, 3.8) is 0 Å². The van der Waals surface area contributed by atoms with Crippen LogP contribution in [-0.2, 0) is 0 Å². The fourth-order valence-electron chi connectivity index (χ4n) is 3.55. The molecule has 0 aliphatic carbocycles. The Kier molecular flexibility index (Phi) is 4.28. The molecule has 0 bridgehead atoms. The summed E-state index contributed by atoms with van der Waals surface area (Å²) in [6.45, 7) is 0. The van der Waals surface area contributed by atoms with Crippen LogP contribution in [0.2, 0.25) is 0 Å². The van der Waals surface area contributed by atoms with E-state index in [-0.39, 0.29) is 0 Å². The monoisotopic (exact) mass is 381 g/mol. The van der Waals surface area contributed by atoms with Gasteiger partial charge in [-0.1, -0.05) is 54.6 Å². The molecule has 4 aromatic carbocycles. The zero-order chi connectivity index (χ0) is 19.8. The maximum absolute atomic E-state index is 9.19. The molecule has 1 aromatic heterocycles. The molecule has 5 aromatic rings. The van der Waals surface area contributed by atoms with E-state index in [1.807, 2.05) is 78.9 Å². The molecule has 0 aliphatic rings. The number of hydrogen-bond donors (Lipinski definition) is 2. The summed E-state index contributed by atoms with van der Waals surface area (Å²) in [4.78, 5) is 4.58. The second kappa shape index (κ2) is 7.09. The largest absolute Gasteiger partial charge is 0.707 e. The predicted octanol–water partition coefficient (Wildman–Crippen LogP) is 4.66. The number of rotatable bonds is 4. The fourth-order valence-corrected chi connectivity index (χ4v) is 3.55. The van der Waals surface area contributed by atoms with Crippen molar-refractivity contribution in [2.75, 3.05) is 0 Å². The van der Waals surface area contributed by atoms with Crippen LogP contribution in [0.3, 0.4) is 0 Å². The Bertz CT molecular complexity index is 1300. The number of fused-ring (bicyclic) bond motifs is 2. The van der Waals surface area contributed by atoms with Gasteiger partial charge < -0.3 is 19.1 Å². The van der Waals surface area contributed by atoms with Crippen molar-refractivity contribution >= 4 is 29.2 Å². The highest BCUT2D eigenvalue weighted by molar-refractivity contribution is 6.34. The minimum atomic E-state index is -1.87. The first-order valence-corrected chi connectivity index (χ1v) is 9.20. The van der Waals surface area contributed by atoms with Crippen molar-refractivity contribution in [1.82, 2.24) is 4.98 Å². The van der Waals surface area contributed by atoms with Crippen molar-refractivity contribution in [3.8, 4) is 28.3 Å². The van der Waals surface area contributed by atoms with Crippen LogP contribution in [0.5, 0.6) is 5.75 Å². The van der Waals surface area contributed by atoms with E-state index < -0.39 is 7.32 Å². The molecule has 0 saturated carbocycles. The summed E-state index contributed by atoms with van der Waals surface area (Å²) in [5.74, 6) is 0.982. The van der Waals surface area contributed by atoms with Crippen molar-refractivity contribution < 1.29 is 19.1 Å². The molecule has 29 heavy (non-hydrogen) atoms. The van der Waals surface area contributed by atoms with Gasteiger partial charge in [0.05, 0.1) is 0 Å². The molecule has 0 unspecified atom stereocenters. The van der Waals surface area contributed by atoms with Gasteiger partial charge in [-0.05, 0) is 46.8 Å². The molecular weight excluding hydrogens is 365 g/mol. The SMILES string of the molecule is OB(O)Oc1ccc(-c2cccc(-c3nc4ccccc4o3)c2)c2ccccc12. The molecule has 0 amide bonds. The minimum Gasteiger partial charge on any atom is -0.512 e. The Morgan fingerprint density at radius 2 is 1.52 bits per heavy atom. The Morgan fingerprint density at radius 3 is 2.34 bits per heavy atom. The molecule has 5 nitrogen and oxygen atoms in total. The smallest absolute Gasteiger partial charge is 0.512 e. The zero-order valence-electron chi connectivity index (χ0n) is 15.3. The van der Waals surface area contributed by atoms with Gasteiger partial charge in [0.25, 0.3) is 0 Å². The van der Waals surface area contributed by atoms with Gasteiger partial charge in [0.15, 0.2) is 5.58 Å². The van der Waals surface area contributed by atoms with Crippen molar-refractivity contribution in [2.24, 2.45) is 0 Å². The van der Waals surface area contributed by atoms with Gasteiger partial charge in [0.1, 0.15) is 11.3 Å². The van der Waals surface area contributed by atoms with Crippen LogP contribution in [0.4, 0.5) is 0 Å². The summed E-state index contributed by atoms with van der Waals surface area (Å²) < 4.78 is 11.0. The predicted molar refractivity (Wildman–Crippen MR) is 113 cm³/mol. The van der Waals surface area contributed by atoms with Gasteiger partial charge in [0, 0.05) is 10.9 Å². The van der Waals surface area contributed by atoms with E-state index in [9.17, 15) is 10.0 Å². The summed E-state index contributed by atoms with van der Waals surface area (Å²) in [5.41, 5.74) is 4.45. The average Bonchev–Trinajstić information content (AvgIpc) is 3.18. The lowest BCUT2D eigenvalue weighted by atomic mass is 9.96. The standard InChI is InChI=1S/C23H16BNO4/c26-24(27)29-21-13-12-17(18-8-1-2-9-19(18)21)15-6-5-7-16(14-15)23-25-20-10-3-4-11-22(20)28-23/h1-14,26-27H. The third-order valence-electron chi connectivity index (χ3n) is 4.83. The first-order valence-electron chi connectivity index (χ1n) is 9.20. The first kappa shape index (κ1) is 17.5. The highest BCUT2D eigenvalue weighted by Gasteiger charge is 2.16. The van der Waals surface area contributed by atoms with E-state index in [1.54, 1.807) is 6.07 Å². The van der Waals surface area contributed by atoms with Crippen LogP contribution in [0.25, 0.3) is 44.5 Å². The molecule has 0 atom stereocenters. The summed E-state index contributed by atoms with van der Waals surface area (Å²) >= 11 is 0. The second-order valence-corrected chi connectivity index (χ2v) is 6.67. The Balaban J connectivity index is 1.63. The highest BCUT2D eigenvalue weighted by Crippen LogP contribution is 2.36. The van der Waals surface area contributed by atoms with Crippen molar-refractivity contribution in [2.45, 2.75) is 0 Å². The van der Waals surface area contributed by atoms with E-state index in [1.165, 1.54) is 0 Å². The topological polar surface area (TPSA) is 75.7 Å². The summed E-state index contributed by atoms with van der Waals surface area (Å²) in [7, 11) is -1.87. The van der Waals surface area contributed by atoms with E-state index in [2.05, 4.69) is 4.98 Å². The Labute approximate surface area is 167 Å². The Hall–Kier alpha value is -3.61. The highest BCUT2D eigenvalue weighted by atomic mass is 16.6. The van der Waals surface area contributed by atoms with Crippen LogP contribution in [-0.4, -0.2) is 22.4 Å². The van der Waals surface area contributed by atoms with Crippen LogP contribution >= 0.6 is 0 Å². The van der Waals surface area contributed by atoms with E-state index >= 15 is 0 Å². The van der Waals surface area contributed by atoms with E-state index in [0.29, 0.717) is 11.6 Å². The first-order chi connectivity index (χ1) is 14.2. The zero-order valence-corrected chi connectivity index (χ0v) is 15.3. The lowest BCUT2D eigenvalue weighted by Crippen LogP contribution is -2.20. The molecule has 0 fully saturated rings. The second-order valence-electron chi connectivity index (χ2n) is 6.67. The molecule has 6 heteroatoms. The minimum absolute atomic E-state index is 0.412. The van der Waals surface area contributed by atoms with E-state index in [4.69, 9.17) is 9.07 Å². The normalized spacial score (nSPS) is 11.1. The maximum atomic E-state index is 9.19. The van der Waals surface area contributed by atoms with Crippen LogP contribution in [0.15, 0.2) is 89.3 Å². The van der Waals surface area contributed by atoms with E-state index in [0.717, 1.165) is 38.6 Å². The average molecular weight is 381 g/mol. The van der Waals surface area contributed by atoms with Crippen LogP contribution in [0, 0.1) is 0 Å². The van der Waals surface area contributed by atoms with Crippen LogP contribution < -0.4 is 4.65 Å². The summed E-state index contributed by atoms with van der Waals surface area (Å²) in [5, 5.41) is 20.1. The molecule has 2 N–H and O–H groups in total. The lowest BCUT2D eigenvalue weighted by Gasteiger charge is -2.13. The lowest BCUT2D eigenvalue weighted by molar-refractivity contribution is 0.289. The summed E-state index contributed by atoms with van der Waals surface area (Å²) in [6, 6.07) is 27.0. The fraction of sp³-hybridized carbons (Fsp3) is 0. The quantitative estimate of drug-likeness (QED) is 0.443. The number of oxazole rings is 1. The molecule has 5 rings (SSSR count). The third kappa shape index (κ3) is 3.25. The molecule has 0 radical (unpaired) electrons. The Morgan fingerprint density at radius 1 is 0.759 bits per heavy atom. The molecule has 0 spiro atoms. The number of hydrogen-bond acceptors (Lipinski definition) is 5. The molecule has 0 saturated heterocycles. The number of nitrogens with zero attached hydrogens (tertiary/aromatic N) is 1. The third-order valence-corrected chi connectivity index (χ3v) is 4.83. The van der Waals surface area contributed by atoms with Gasteiger partial charge in [-0.15, -0.1) is 0 Å². The molecular formula is C23H16BNO4. The van der Waals surface area contributed by atoms with Gasteiger partial charge in [-0.3, -0.25) is 0 Å². The van der Waals surface area contributed by atoms with Gasteiger partial charge in [-0.25, -0.2) is 4.98 Å². The maximum Gasteiger partial charge on any atom is 0.707 e. The van der Waals surface area contributed by atoms with Crippen molar-refractivity contribution in [3.05, 3.63) is 84.9 Å². The van der Waals surface area contributed by atoms with Gasteiger partial charge in [-0.2, -0.15) is 0 Å². The number of benzene rings is 4. The van der Waals surface area contributed by atoms with Gasteiger partial charge in [0.2, 0.25) is 5.89 Å². The molecule has 0 aliphatic heterocycles. The molecule has 1 heterocycles. The van der Waals surface area contributed by atoms with Gasteiger partial charge >= 0.3 is 7.32 Å².